The number of ketones is 1. The number of pyridine rings is 1. The molecule has 1 aliphatic heterocycles. The summed E-state index contributed by atoms with van der Waals surface area (Å²) in [6, 6.07) is 16.5. The number of carbonyl (C=O) groups is 1. The Labute approximate surface area is 348 Å². The number of hydrogen-bond acceptors (Lipinski definition) is 4. The van der Waals surface area contributed by atoms with Crippen LogP contribution < -0.4 is 4.74 Å². The average Bonchev–Trinajstić information content (AvgIpc) is 3.12. The summed E-state index contributed by atoms with van der Waals surface area (Å²) in [5.74, 6) is 1.50. The fourth-order valence-electron chi connectivity index (χ4n) is 7.30. The van der Waals surface area contributed by atoms with E-state index in [0.717, 1.165) is 59.2 Å². The van der Waals surface area contributed by atoms with Crippen LogP contribution in [-0.4, -0.2) is 15.9 Å². The van der Waals surface area contributed by atoms with Gasteiger partial charge in [0.15, 0.2) is 5.78 Å². The van der Waals surface area contributed by atoms with Gasteiger partial charge in [-0.25, -0.2) is 0 Å². The Morgan fingerprint density at radius 3 is 2.13 bits per heavy atom. The zero-order valence-corrected chi connectivity index (χ0v) is 36.4. The molecule has 1 aliphatic rings. The van der Waals surface area contributed by atoms with E-state index in [4.69, 9.17) is 14.3 Å². The number of aromatic nitrogens is 1. The first-order valence-corrected chi connectivity index (χ1v) is 19.2. The van der Waals surface area contributed by atoms with Crippen molar-refractivity contribution in [1.29, 1.82) is 0 Å². The third-order valence-corrected chi connectivity index (χ3v) is 10.8. The largest absolute Gasteiger partial charge is 0.512 e. The van der Waals surface area contributed by atoms with Crippen LogP contribution in [0.15, 0.2) is 60.5 Å². The molecule has 4 nitrogen and oxygen atoms in total. The zero-order valence-electron chi connectivity index (χ0n) is 41.0. The van der Waals surface area contributed by atoms with Crippen LogP contribution in [-0.2, 0) is 37.7 Å². The second-order valence-corrected chi connectivity index (χ2v) is 17.5. The molecule has 0 unspecified atom stereocenters. The number of aliphatic hydroxyl groups excluding tert-OH is 1. The van der Waals surface area contributed by atoms with Crippen LogP contribution in [0.4, 0.5) is 0 Å². The summed E-state index contributed by atoms with van der Waals surface area (Å²) in [6.45, 7) is 17.7. The Morgan fingerprint density at radius 2 is 1.54 bits per heavy atom. The second-order valence-electron chi connectivity index (χ2n) is 17.5. The van der Waals surface area contributed by atoms with Gasteiger partial charge >= 0.3 is 0 Å². The molecule has 0 saturated carbocycles. The van der Waals surface area contributed by atoms with Crippen molar-refractivity contribution in [3.8, 4) is 22.8 Å². The molecule has 4 aromatic carbocycles. The van der Waals surface area contributed by atoms with Gasteiger partial charge < -0.3 is 9.84 Å². The van der Waals surface area contributed by atoms with E-state index in [2.05, 4.69) is 70.8 Å². The van der Waals surface area contributed by atoms with Crippen LogP contribution in [0.25, 0.3) is 43.6 Å². The Bertz CT molecular complexity index is 2460. The van der Waals surface area contributed by atoms with Crippen LogP contribution in [0, 0.1) is 41.9 Å². The number of fused-ring (bicyclic) bond motifs is 5. The van der Waals surface area contributed by atoms with E-state index in [1.807, 2.05) is 40.7 Å². The first kappa shape index (κ1) is 33.8. The molecule has 1 aromatic heterocycles. The van der Waals surface area contributed by atoms with Crippen LogP contribution >= 0.6 is 0 Å². The minimum atomic E-state index is -2.63. The number of benzene rings is 4. The van der Waals surface area contributed by atoms with Gasteiger partial charge in [-0.2, -0.15) is 0 Å². The number of hydrogen-bond donors (Lipinski definition) is 1. The Balaban J connectivity index is 0.000000412. The summed E-state index contributed by atoms with van der Waals surface area (Å²) in [7, 11) is 0. The predicted octanol–water partition coefficient (Wildman–Crippen LogP) is 14.2. The topological polar surface area (TPSA) is 59.4 Å². The minimum Gasteiger partial charge on any atom is -0.512 e. The molecule has 0 fully saturated rings. The van der Waals surface area contributed by atoms with Gasteiger partial charge in [0.05, 0.1) is 7.12 Å². The van der Waals surface area contributed by atoms with Crippen molar-refractivity contribution in [2.75, 3.05) is 0 Å². The van der Waals surface area contributed by atoms with Gasteiger partial charge in [0.25, 0.3) is 0 Å². The summed E-state index contributed by atoms with van der Waals surface area (Å²) >= 11 is 0. The summed E-state index contributed by atoms with van der Waals surface area (Å²) < 4.78 is 64.3. The molecule has 291 valence electrons. The molecule has 0 amide bonds. The smallest absolute Gasteiger partial charge is 0.162 e. The molecule has 54 heavy (non-hydrogen) atoms. The van der Waals surface area contributed by atoms with Gasteiger partial charge in [-0.1, -0.05) is 128 Å². The summed E-state index contributed by atoms with van der Waals surface area (Å²) in [5, 5.41) is 14.7. The van der Waals surface area contributed by atoms with E-state index in [9.17, 15) is 9.90 Å². The Hall–Kier alpha value is -3.53. The van der Waals surface area contributed by atoms with E-state index >= 15 is 0 Å². The molecule has 1 N–H and O–H groups in total. The molecule has 6 rings (SSSR count). The Kier molecular flexibility index (Phi) is 10.4. The monoisotopic (exact) mass is 912 g/mol. The summed E-state index contributed by atoms with van der Waals surface area (Å²) in [5.41, 5.74) is 2.30. The number of rotatable bonds is 9. The van der Waals surface area contributed by atoms with Crippen molar-refractivity contribution >= 4 is 38.1 Å². The van der Waals surface area contributed by atoms with Crippen LogP contribution in [0.1, 0.15) is 134 Å². The van der Waals surface area contributed by atoms with Crippen molar-refractivity contribution < 1.29 is 44.3 Å². The maximum atomic E-state index is 11.9. The van der Waals surface area contributed by atoms with Gasteiger partial charge in [0.2, 0.25) is 0 Å². The molecular weight excluding hydrogens is 843 g/mol. The molecule has 0 bridgehead atoms. The van der Waals surface area contributed by atoms with Crippen LogP contribution in [0.5, 0.6) is 11.5 Å². The molecule has 2 heterocycles. The van der Waals surface area contributed by atoms with Crippen LogP contribution in [0.2, 0.25) is 0 Å². The fraction of sp³-hybridized carbons (Fsp3) is 0.469. The van der Waals surface area contributed by atoms with E-state index < -0.39 is 13.7 Å². The van der Waals surface area contributed by atoms with Crippen molar-refractivity contribution in [1.82, 2.24) is 4.98 Å². The molecule has 5 aromatic rings. The molecule has 0 atom stereocenters. The van der Waals surface area contributed by atoms with E-state index in [1.165, 1.54) is 23.8 Å². The van der Waals surface area contributed by atoms with Crippen molar-refractivity contribution in [2.45, 2.75) is 128 Å². The third-order valence-electron chi connectivity index (χ3n) is 10.8. The molecule has 1 radical (unpaired) electrons. The maximum absolute atomic E-state index is 11.9. The number of allylic oxidation sites excluding steroid dienone is 2. The fourth-order valence-corrected chi connectivity index (χ4v) is 7.30. The van der Waals surface area contributed by atoms with Crippen molar-refractivity contribution in [3.63, 3.8) is 0 Å². The normalized spacial score (nSPS) is 15.4. The van der Waals surface area contributed by atoms with Gasteiger partial charge in [0, 0.05) is 63.0 Å². The summed E-state index contributed by atoms with van der Waals surface area (Å²) in [4.78, 5) is 16.5. The quantitative estimate of drug-likeness (QED) is 0.0679. The predicted molar refractivity (Wildman–Crippen MR) is 225 cm³/mol. The van der Waals surface area contributed by atoms with E-state index in [-0.39, 0.29) is 71.1 Å². The second kappa shape index (κ2) is 16.7. The number of aliphatic hydroxyl groups is 1. The van der Waals surface area contributed by atoms with E-state index in [0.29, 0.717) is 39.9 Å². The van der Waals surface area contributed by atoms with Gasteiger partial charge in [-0.15, -0.1) is 17.5 Å². The summed E-state index contributed by atoms with van der Waals surface area (Å²) in [6.07, 6.45) is 6.36. The first-order valence-electron chi connectivity index (χ1n) is 22.7. The van der Waals surface area contributed by atoms with Gasteiger partial charge in [-0.3, -0.25) is 9.78 Å². The zero-order chi connectivity index (χ0) is 44.9. The molecule has 0 saturated heterocycles. The molecular formula is C49H62IrNO3-. The average molecular weight is 912 g/mol. The number of aryl methyl sites for hydroxylation is 2. The van der Waals surface area contributed by atoms with Crippen molar-refractivity contribution in [2.24, 2.45) is 22.2 Å². The third kappa shape index (κ3) is 9.11. The molecule has 5 heteroatoms. The van der Waals surface area contributed by atoms with Gasteiger partial charge in [0.1, 0.15) is 11.5 Å². The van der Waals surface area contributed by atoms with E-state index in [1.54, 1.807) is 6.07 Å². The molecule has 0 aliphatic carbocycles. The standard InChI is InChI=1S/C35H36NO.C14H26O2.Ir/c1-20-13-23-16-28-32-31-26(11-12-36-32)25-10-9-22(18-34(3,4)5)15-24(25)17-30(31)37-33(28)29(19-35(6,7)8)27(23)14-21(20)2;1-6-11(7-2)12(15)10-13(16)14(5,8-3)9-4;/h9-15,17H,18-19H2,1-8H3;10-11,16H,6-9H2,1-5H3;/q-1;;/b;13-10-;/i1D3,2D3,12D;;. The maximum Gasteiger partial charge on any atom is 0.162 e. The minimum absolute atomic E-state index is 0. The molecule has 0 spiro atoms. The number of ether oxygens (including phenoxy) is 1. The Morgan fingerprint density at radius 1 is 0.889 bits per heavy atom. The SMILES string of the molecule is CCC(CC)C(=O)/C=C(\O)C(C)(CC)CC.[2H]c1cc2c3c(cc4cc(CC(C)(C)C)ccc42)Oc2c([c-]c4cc(C([2H])([2H])[2H])c(C([2H])([2H])[2H])cc4c2CC(C)(C)C)-c3n1.[Ir]. The van der Waals surface area contributed by atoms with Crippen molar-refractivity contribution in [3.05, 3.63) is 88.8 Å². The number of nitrogens with zero attached hydrogens (tertiary/aromatic N) is 1. The number of carbonyl (C=O) groups excluding carboxylic acids is 1. The van der Waals surface area contributed by atoms with Gasteiger partial charge in [-0.05, 0) is 96.9 Å². The first-order chi connectivity index (χ1) is 27.6. The van der Waals surface area contributed by atoms with Crippen LogP contribution in [0.3, 0.4) is 0 Å².